The molecule has 2 aromatic heterocycles. The normalized spacial score (nSPS) is 14.4. The molecule has 2 heterocycles. The molecule has 3 rings (SSSR count). The van der Waals surface area contributed by atoms with Gasteiger partial charge in [-0.05, 0) is 25.8 Å². The maximum atomic E-state index is 10.9. The van der Waals surface area contributed by atoms with E-state index in [0.717, 1.165) is 18.4 Å². The van der Waals surface area contributed by atoms with Crippen LogP contribution in [0.5, 0.6) is 0 Å². The van der Waals surface area contributed by atoms with Crippen molar-refractivity contribution in [1.29, 1.82) is 0 Å². The zero-order valence-corrected chi connectivity index (χ0v) is 10.5. The van der Waals surface area contributed by atoms with Crippen LogP contribution in [0.2, 0.25) is 0 Å². The number of aromatic nitrogens is 3. The smallest absolute Gasteiger partial charge is 0.337 e. The number of hydrogen-bond acceptors (Lipinski definition) is 4. The molecule has 98 valence electrons. The SMILES string of the molecule is Cc1cnc(NC2CC2)nc1-n1ccc(C(=O)O)c1. The fraction of sp³-hybridized carbons (Fsp3) is 0.308. The Morgan fingerprint density at radius 2 is 2.32 bits per heavy atom. The molecule has 1 aliphatic carbocycles. The lowest BCUT2D eigenvalue weighted by Crippen LogP contribution is -2.08. The van der Waals surface area contributed by atoms with Gasteiger partial charge in [0.15, 0.2) is 0 Å². The van der Waals surface area contributed by atoms with E-state index in [4.69, 9.17) is 5.11 Å². The van der Waals surface area contributed by atoms with Gasteiger partial charge in [0.05, 0.1) is 5.56 Å². The number of carboxylic acids is 1. The van der Waals surface area contributed by atoms with Crippen molar-refractivity contribution in [2.24, 2.45) is 0 Å². The molecule has 2 N–H and O–H groups in total. The number of anilines is 1. The Bertz CT molecular complexity index is 631. The molecule has 0 atom stereocenters. The van der Waals surface area contributed by atoms with Crippen molar-refractivity contribution in [3.8, 4) is 5.82 Å². The predicted octanol–water partition coefficient (Wildman–Crippen LogP) is 1.85. The third-order valence-corrected chi connectivity index (χ3v) is 3.04. The van der Waals surface area contributed by atoms with E-state index in [0.29, 0.717) is 17.8 Å². The van der Waals surface area contributed by atoms with Crippen molar-refractivity contribution in [1.82, 2.24) is 14.5 Å². The quantitative estimate of drug-likeness (QED) is 0.874. The summed E-state index contributed by atoms with van der Waals surface area (Å²) in [6.07, 6.45) is 7.30. The molecule has 6 heteroatoms. The number of aryl methyl sites for hydroxylation is 1. The number of carbonyl (C=O) groups is 1. The average Bonchev–Trinajstić information content (AvgIpc) is 3.05. The predicted molar refractivity (Wildman–Crippen MR) is 69.7 cm³/mol. The number of aromatic carboxylic acids is 1. The van der Waals surface area contributed by atoms with E-state index in [1.807, 2.05) is 6.92 Å². The van der Waals surface area contributed by atoms with Crippen LogP contribution in [0.15, 0.2) is 24.7 Å². The highest BCUT2D eigenvalue weighted by molar-refractivity contribution is 5.87. The Morgan fingerprint density at radius 3 is 2.95 bits per heavy atom. The van der Waals surface area contributed by atoms with E-state index in [9.17, 15) is 4.79 Å². The molecule has 2 aromatic rings. The van der Waals surface area contributed by atoms with E-state index in [-0.39, 0.29) is 5.56 Å². The van der Waals surface area contributed by atoms with Gasteiger partial charge in [-0.15, -0.1) is 0 Å². The number of rotatable bonds is 4. The second-order valence-corrected chi connectivity index (χ2v) is 4.73. The molecule has 0 saturated heterocycles. The summed E-state index contributed by atoms with van der Waals surface area (Å²) in [4.78, 5) is 19.6. The number of nitrogens with one attached hydrogen (secondary N) is 1. The Morgan fingerprint density at radius 1 is 1.53 bits per heavy atom. The summed E-state index contributed by atoms with van der Waals surface area (Å²) >= 11 is 0. The van der Waals surface area contributed by atoms with Crippen molar-refractivity contribution in [2.75, 3.05) is 5.32 Å². The van der Waals surface area contributed by atoms with Gasteiger partial charge in [-0.1, -0.05) is 0 Å². The van der Waals surface area contributed by atoms with Crippen LogP contribution in [0, 0.1) is 6.92 Å². The number of carboxylic acid groups (broad SMARTS) is 1. The average molecular weight is 258 g/mol. The molecule has 0 unspecified atom stereocenters. The van der Waals surface area contributed by atoms with Crippen molar-refractivity contribution in [3.05, 3.63) is 35.8 Å². The van der Waals surface area contributed by atoms with Crippen LogP contribution in [0.3, 0.4) is 0 Å². The van der Waals surface area contributed by atoms with Crippen molar-refractivity contribution >= 4 is 11.9 Å². The van der Waals surface area contributed by atoms with Crippen LogP contribution in [-0.2, 0) is 0 Å². The molecule has 0 amide bonds. The minimum atomic E-state index is -0.943. The van der Waals surface area contributed by atoms with Gasteiger partial charge in [-0.2, -0.15) is 4.98 Å². The van der Waals surface area contributed by atoms with Crippen LogP contribution in [0.25, 0.3) is 5.82 Å². The first-order chi connectivity index (χ1) is 9.13. The molecular formula is C13H14N4O2. The minimum absolute atomic E-state index is 0.245. The van der Waals surface area contributed by atoms with E-state index in [1.165, 1.54) is 0 Å². The van der Waals surface area contributed by atoms with Crippen molar-refractivity contribution < 1.29 is 9.90 Å². The molecule has 0 aromatic carbocycles. The minimum Gasteiger partial charge on any atom is -0.478 e. The van der Waals surface area contributed by atoms with Crippen molar-refractivity contribution in [2.45, 2.75) is 25.8 Å². The molecule has 19 heavy (non-hydrogen) atoms. The summed E-state index contributed by atoms with van der Waals surface area (Å²) in [6.45, 7) is 1.90. The molecule has 0 bridgehead atoms. The second-order valence-electron chi connectivity index (χ2n) is 4.73. The summed E-state index contributed by atoms with van der Waals surface area (Å²) in [6, 6.07) is 2.03. The Hall–Kier alpha value is -2.37. The first-order valence-electron chi connectivity index (χ1n) is 6.15. The van der Waals surface area contributed by atoms with E-state index >= 15 is 0 Å². The van der Waals surface area contributed by atoms with Crippen LogP contribution in [0.4, 0.5) is 5.95 Å². The molecule has 1 aliphatic rings. The molecule has 0 spiro atoms. The van der Waals surface area contributed by atoms with Gasteiger partial charge in [0.25, 0.3) is 0 Å². The van der Waals surface area contributed by atoms with Gasteiger partial charge >= 0.3 is 5.97 Å². The van der Waals surface area contributed by atoms with Gasteiger partial charge in [0, 0.05) is 30.2 Å². The molecule has 1 fully saturated rings. The molecule has 0 aliphatic heterocycles. The lowest BCUT2D eigenvalue weighted by atomic mass is 10.3. The summed E-state index contributed by atoms with van der Waals surface area (Å²) in [5.74, 6) is 0.348. The highest BCUT2D eigenvalue weighted by Gasteiger charge is 2.22. The standard InChI is InChI=1S/C13H14N4O2/c1-8-6-14-13(15-10-2-3-10)16-11(8)17-5-4-9(7-17)12(18)19/h4-7,10H,2-3H2,1H3,(H,18,19)(H,14,15,16). The first kappa shape index (κ1) is 11.7. The second kappa shape index (κ2) is 4.38. The summed E-state index contributed by atoms with van der Waals surface area (Å²) in [5, 5.41) is 12.2. The Kier molecular flexibility index (Phi) is 2.70. The highest BCUT2D eigenvalue weighted by Crippen LogP contribution is 2.23. The van der Waals surface area contributed by atoms with E-state index in [2.05, 4.69) is 15.3 Å². The van der Waals surface area contributed by atoms with Crippen LogP contribution >= 0.6 is 0 Å². The summed E-state index contributed by atoms with van der Waals surface area (Å²) in [5.41, 5.74) is 1.14. The maximum absolute atomic E-state index is 10.9. The summed E-state index contributed by atoms with van der Waals surface area (Å²) < 4.78 is 1.71. The fourth-order valence-corrected chi connectivity index (χ4v) is 1.83. The van der Waals surface area contributed by atoms with E-state index < -0.39 is 5.97 Å². The molecular weight excluding hydrogens is 244 g/mol. The third kappa shape index (κ3) is 2.42. The number of nitrogens with zero attached hydrogens (tertiary/aromatic N) is 3. The highest BCUT2D eigenvalue weighted by atomic mass is 16.4. The summed E-state index contributed by atoms with van der Waals surface area (Å²) in [7, 11) is 0. The van der Waals surface area contributed by atoms with Crippen LogP contribution < -0.4 is 5.32 Å². The lowest BCUT2D eigenvalue weighted by Gasteiger charge is -2.08. The third-order valence-electron chi connectivity index (χ3n) is 3.04. The molecule has 1 saturated carbocycles. The van der Waals surface area contributed by atoms with Gasteiger partial charge < -0.3 is 15.0 Å². The topological polar surface area (TPSA) is 80.0 Å². The lowest BCUT2D eigenvalue weighted by molar-refractivity contribution is 0.0697. The van der Waals surface area contributed by atoms with Crippen molar-refractivity contribution in [3.63, 3.8) is 0 Å². The fourth-order valence-electron chi connectivity index (χ4n) is 1.83. The molecule has 0 radical (unpaired) electrons. The van der Waals surface area contributed by atoms with Gasteiger partial charge in [0.1, 0.15) is 5.82 Å². The number of hydrogen-bond donors (Lipinski definition) is 2. The maximum Gasteiger partial charge on any atom is 0.337 e. The zero-order chi connectivity index (χ0) is 13.4. The first-order valence-corrected chi connectivity index (χ1v) is 6.15. The van der Waals surface area contributed by atoms with Gasteiger partial charge in [-0.3, -0.25) is 0 Å². The van der Waals surface area contributed by atoms with Crippen LogP contribution in [-0.4, -0.2) is 31.7 Å². The van der Waals surface area contributed by atoms with Gasteiger partial charge in [-0.25, -0.2) is 9.78 Å². The zero-order valence-electron chi connectivity index (χ0n) is 10.5. The van der Waals surface area contributed by atoms with E-state index in [1.54, 1.807) is 29.2 Å². The molecule has 6 nitrogen and oxygen atoms in total. The monoisotopic (exact) mass is 258 g/mol. The van der Waals surface area contributed by atoms with Crippen LogP contribution in [0.1, 0.15) is 28.8 Å². The Balaban J connectivity index is 1.94. The van der Waals surface area contributed by atoms with Gasteiger partial charge in [0.2, 0.25) is 5.95 Å². The largest absolute Gasteiger partial charge is 0.478 e. The Labute approximate surface area is 110 Å².